The van der Waals surface area contributed by atoms with Crippen LogP contribution in [0.25, 0.3) is 0 Å². The van der Waals surface area contributed by atoms with Gasteiger partial charge in [-0.2, -0.15) is 13.2 Å². The maximum atomic E-state index is 13.6. The summed E-state index contributed by atoms with van der Waals surface area (Å²) in [6, 6.07) is 17.6. The summed E-state index contributed by atoms with van der Waals surface area (Å²) >= 11 is 0. The number of methoxy groups -OCH3 is 2. The molecule has 0 unspecified atom stereocenters. The highest BCUT2D eigenvalue weighted by Crippen LogP contribution is 2.32. The molecule has 0 aliphatic rings. The minimum Gasteiger partial charge on any atom is -0.497 e. The van der Waals surface area contributed by atoms with Crippen LogP contribution in [0.1, 0.15) is 27.8 Å². The first kappa shape index (κ1) is 20.9. The van der Waals surface area contributed by atoms with Crippen LogP contribution in [0.4, 0.5) is 13.2 Å². The molecule has 0 bridgehead atoms. The molecule has 30 heavy (non-hydrogen) atoms. The Morgan fingerprint density at radius 2 is 1.03 bits per heavy atom. The summed E-state index contributed by atoms with van der Waals surface area (Å²) in [6.45, 7) is 0. The predicted octanol–water partition coefficient (Wildman–Crippen LogP) is 5.52. The summed E-state index contributed by atoms with van der Waals surface area (Å²) in [7, 11) is 3.09. The van der Waals surface area contributed by atoms with Gasteiger partial charge in [0.2, 0.25) is 0 Å². The third-order valence-corrected chi connectivity index (χ3v) is 4.20. The van der Waals surface area contributed by atoms with Crippen LogP contribution in [0.3, 0.4) is 0 Å². The van der Waals surface area contributed by atoms with Gasteiger partial charge in [-0.25, -0.2) is 0 Å². The lowest BCUT2D eigenvalue weighted by Crippen LogP contribution is -2.08. The number of halogens is 3. The summed E-state index contributed by atoms with van der Waals surface area (Å²) in [5.74, 6) is 12.3. The van der Waals surface area contributed by atoms with Crippen molar-refractivity contribution in [3.63, 3.8) is 0 Å². The van der Waals surface area contributed by atoms with Crippen LogP contribution >= 0.6 is 0 Å². The first-order chi connectivity index (χ1) is 14.4. The van der Waals surface area contributed by atoms with Gasteiger partial charge >= 0.3 is 6.18 Å². The second-order valence-electron chi connectivity index (χ2n) is 6.22. The van der Waals surface area contributed by atoms with E-state index in [0.717, 1.165) is 6.07 Å². The van der Waals surface area contributed by atoms with Gasteiger partial charge in [0.05, 0.1) is 19.8 Å². The van der Waals surface area contributed by atoms with Gasteiger partial charge < -0.3 is 9.47 Å². The molecule has 0 spiro atoms. The van der Waals surface area contributed by atoms with Crippen LogP contribution in [-0.2, 0) is 6.18 Å². The molecule has 0 aliphatic carbocycles. The minimum absolute atomic E-state index is 0.103. The Labute approximate surface area is 173 Å². The molecule has 0 aliphatic heterocycles. The van der Waals surface area contributed by atoms with Crippen molar-refractivity contribution in [1.29, 1.82) is 0 Å². The third kappa shape index (κ3) is 5.37. The molecule has 0 saturated heterocycles. The average molecular weight is 406 g/mol. The Bertz CT molecular complexity index is 1140. The number of hydrogen-bond donors (Lipinski definition) is 0. The normalized spacial score (nSPS) is 10.3. The first-order valence-corrected chi connectivity index (χ1v) is 8.92. The van der Waals surface area contributed by atoms with Crippen molar-refractivity contribution in [1.82, 2.24) is 0 Å². The van der Waals surface area contributed by atoms with Crippen LogP contribution < -0.4 is 9.47 Å². The van der Waals surface area contributed by atoms with E-state index in [1.807, 2.05) is 0 Å². The van der Waals surface area contributed by atoms with E-state index in [4.69, 9.17) is 9.47 Å². The van der Waals surface area contributed by atoms with Crippen molar-refractivity contribution < 1.29 is 22.6 Å². The predicted molar refractivity (Wildman–Crippen MR) is 109 cm³/mol. The van der Waals surface area contributed by atoms with Crippen molar-refractivity contribution in [2.75, 3.05) is 14.2 Å². The van der Waals surface area contributed by atoms with E-state index >= 15 is 0 Å². The van der Waals surface area contributed by atoms with Crippen LogP contribution in [0.5, 0.6) is 11.5 Å². The second-order valence-corrected chi connectivity index (χ2v) is 6.22. The number of benzene rings is 3. The van der Waals surface area contributed by atoms with Gasteiger partial charge in [0, 0.05) is 22.3 Å². The van der Waals surface area contributed by atoms with Gasteiger partial charge in [-0.05, 0) is 66.7 Å². The first-order valence-electron chi connectivity index (χ1n) is 8.92. The molecule has 0 N–H and O–H groups in total. The molecule has 0 heterocycles. The van der Waals surface area contributed by atoms with Crippen molar-refractivity contribution in [2.45, 2.75) is 6.18 Å². The maximum Gasteiger partial charge on any atom is 0.417 e. The summed E-state index contributed by atoms with van der Waals surface area (Å²) < 4.78 is 50.8. The Balaban J connectivity index is 1.91. The van der Waals surface area contributed by atoms with Crippen molar-refractivity contribution >= 4 is 0 Å². The molecule has 0 aromatic heterocycles. The highest BCUT2D eigenvalue weighted by Gasteiger charge is 2.33. The summed E-state index contributed by atoms with van der Waals surface area (Å²) in [6.07, 6.45) is -4.54. The Morgan fingerprint density at radius 3 is 1.50 bits per heavy atom. The van der Waals surface area contributed by atoms with Crippen molar-refractivity contribution in [3.05, 3.63) is 94.5 Å². The number of rotatable bonds is 2. The zero-order chi connectivity index (χ0) is 21.6. The van der Waals surface area contributed by atoms with Crippen molar-refractivity contribution in [3.8, 4) is 35.2 Å². The average Bonchev–Trinajstić information content (AvgIpc) is 2.76. The molecular formula is C25H17F3O2. The molecule has 0 amide bonds. The molecule has 3 aromatic rings. The number of alkyl halides is 3. The maximum absolute atomic E-state index is 13.6. The highest BCUT2D eigenvalue weighted by atomic mass is 19.4. The summed E-state index contributed by atoms with van der Waals surface area (Å²) in [5.41, 5.74) is 0.603. The second kappa shape index (κ2) is 9.11. The fourth-order valence-corrected chi connectivity index (χ4v) is 2.60. The topological polar surface area (TPSA) is 18.5 Å². The van der Waals surface area contributed by atoms with Crippen molar-refractivity contribution in [2.24, 2.45) is 0 Å². The van der Waals surface area contributed by atoms with Crippen LogP contribution in [-0.4, -0.2) is 14.2 Å². The van der Waals surface area contributed by atoms with Gasteiger partial charge in [0.1, 0.15) is 11.5 Å². The molecule has 150 valence electrons. The lowest BCUT2D eigenvalue weighted by Gasteiger charge is -2.09. The smallest absolute Gasteiger partial charge is 0.417 e. The Kier molecular flexibility index (Phi) is 6.35. The molecule has 3 rings (SSSR count). The van der Waals surface area contributed by atoms with E-state index in [1.54, 1.807) is 55.6 Å². The van der Waals surface area contributed by atoms with E-state index in [-0.39, 0.29) is 11.1 Å². The minimum atomic E-state index is -4.54. The molecule has 0 fully saturated rings. The number of hydrogen-bond acceptors (Lipinski definition) is 2. The van der Waals surface area contributed by atoms with Crippen LogP contribution in [0.15, 0.2) is 66.7 Å². The van der Waals surface area contributed by atoms with Crippen LogP contribution in [0.2, 0.25) is 0 Å². The van der Waals surface area contributed by atoms with E-state index in [2.05, 4.69) is 23.7 Å². The lowest BCUT2D eigenvalue weighted by atomic mass is 10.0. The summed E-state index contributed by atoms with van der Waals surface area (Å²) in [4.78, 5) is 0. The standard InChI is InChI=1S/C25H17F3O2/c1-29-22-13-7-18(8-14-22)3-4-20-6-12-21(24(17-20)25(26,27)28)11-5-19-9-15-23(30-2)16-10-19/h6-10,12-17H,1-2H3. The van der Waals surface area contributed by atoms with Gasteiger partial charge in [0.25, 0.3) is 0 Å². The Hall–Kier alpha value is -3.83. The van der Waals surface area contributed by atoms with Gasteiger partial charge in [-0.15, -0.1) is 0 Å². The SMILES string of the molecule is COc1ccc(C#Cc2ccc(C#Cc3ccc(OC)cc3)c(C(F)(F)F)c2)cc1. The zero-order valence-corrected chi connectivity index (χ0v) is 16.3. The fraction of sp³-hybridized carbons (Fsp3) is 0.120. The van der Waals surface area contributed by atoms with E-state index in [1.165, 1.54) is 19.2 Å². The highest BCUT2D eigenvalue weighted by molar-refractivity contribution is 5.53. The Morgan fingerprint density at radius 1 is 0.600 bits per heavy atom. The molecule has 2 nitrogen and oxygen atoms in total. The molecule has 0 radical (unpaired) electrons. The molecule has 0 atom stereocenters. The van der Waals surface area contributed by atoms with Crippen LogP contribution in [0, 0.1) is 23.7 Å². The number of ether oxygens (including phenoxy) is 2. The summed E-state index contributed by atoms with van der Waals surface area (Å²) in [5, 5.41) is 0. The van der Waals surface area contributed by atoms with Gasteiger partial charge in [-0.1, -0.05) is 23.7 Å². The zero-order valence-electron chi connectivity index (χ0n) is 16.3. The third-order valence-electron chi connectivity index (χ3n) is 4.20. The van der Waals surface area contributed by atoms with Gasteiger partial charge in [0.15, 0.2) is 0 Å². The molecule has 5 heteroatoms. The molecular weight excluding hydrogens is 389 g/mol. The van der Waals surface area contributed by atoms with Gasteiger partial charge in [-0.3, -0.25) is 0 Å². The lowest BCUT2D eigenvalue weighted by molar-refractivity contribution is -0.137. The molecule has 0 saturated carbocycles. The quantitative estimate of drug-likeness (QED) is 0.522. The van der Waals surface area contributed by atoms with E-state index < -0.39 is 11.7 Å². The largest absolute Gasteiger partial charge is 0.497 e. The monoisotopic (exact) mass is 406 g/mol. The fourth-order valence-electron chi connectivity index (χ4n) is 2.60. The van der Waals surface area contributed by atoms with E-state index in [0.29, 0.717) is 22.6 Å². The van der Waals surface area contributed by atoms with E-state index in [9.17, 15) is 13.2 Å². The molecule has 3 aromatic carbocycles.